The molecule has 0 saturated carbocycles. The molecule has 0 aliphatic heterocycles. The Kier molecular flexibility index (Phi) is 2.22. The first kappa shape index (κ1) is 9.78. The molecular formula is C14H10N2O. The summed E-state index contributed by atoms with van der Waals surface area (Å²) in [6.07, 6.45) is 5.24. The van der Waals surface area contributed by atoms with Gasteiger partial charge in [0.1, 0.15) is 0 Å². The summed E-state index contributed by atoms with van der Waals surface area (Å²) in [7, 11) is 0. The Labute approximate surface area is 97.8 Å². The molecule has 0 unspecified atom stereocenters. The minimum atomic E-state index is -0.0570. The molecule has 1 N–H and O–H groups in total. The molecule has 17 heavy (non-hydrogen) atoms. The molecule has 82 valence electrons. The molecule has 3 heteroatoms. The Hall–Kier alpha value is -2.42. The first-order valence-corrected chi connectivity index (χ1v) is 5.37. The third-order valence-electron chi connectivity index (χ3n) is 2.80. The molecule has 2 aromatic heterocycles. The monoisotopic (exact) mass is 222 g/mol. The van der Waals surface area contributed by atoms with Gasteiger partial charge in [-0.2, -0.15) is 0 Å². The van der Waals surface area contributed by atoms with Crippen LogP contribution < -0.4 is 5.56 Å². The number of nitrogens with zero attached hydrogens (tertiary/aromatic N) is 1. The van der Waals surface area contributed by atoms with Crippen molar-refractivity contribution >= 4 is 10.8 Å². The van der Waals surface area contributed by atoms with Gasteiger partial charge in [-0.3, -0.25) is 9.78 Å². The fourth-order valence-corrected chi connectivity index (χ4v) is 1.98. The van der Waals surface area contributed by atoms with Crippen LogP contribution in [-0.4, -0.2) is 9.97 Å². The summed E-state index contributed by atoms with van der Waals surface area (Å²) in [5.74, 6) is 0. The van der Waals surface area contributed by atoms with Gasteiger partial charge in [-0.15, -0.1) is 0 Å². The van der Waals surface area contributed by atoms with Gasteiger partial charge in [-0.1, -0.05) is 18.2 Å². The van der Waals surface area contributed by atoms with E-state index in [9.17, 15) is 4.79 Å². The maximum Gasteiger partial charge on any atom is 0.255 e. The van der Waals surface area contributed by atoms with Gasteiger partial charge in [0.25, 0.3) is 5.56 Å². The van der Waals surface area contributed by atoms with Crippen molar-refractivity contribution in [3.05, 3.63) is 65.3 Å². The van der Waals surface area contributed by atoms with Crippen LogP contribution in [0.2, 0.25) is 0 Å². The molecule has 3 rings (SSSR count). The van der Waals surface area contributed by atoms with E-state index >= 15 is 0 Å². The lowest BCUT2D eigenvalue weighted by Gasteiger charge is -2.05. The topological polar surface area (TPSA) is 45.8 Å². The van der Waals surface area contributed by atoms with Gasteiger partial charge in [0.05, 0.1) is 0 Å². The van der Waals surface area contributed by atoms with E-state index in [1.807, 2.05) is 36.4 Å². The first-order valence-electron chi connectivity index (χ1n) is 5.37. The Bertz CT molecular complexity index is 717. The van der Waals surface area contributed by atoms with E-state index in [1.165, 1.54) is 0 Å². The first-order chi connectivity index (χ1) is 8.36. The van der Waals surface area contributed by atoms with Crippen LogP contribution in [0.3, 0.4) is 0 Å². The molecule has 0 saturated heterocycles. The SMILES string of the molecule is O=c1[nH]cc(-c2ccncc2)c2ccccc12. The van der Waals surface area contributed by atoms with Gasteiger partial charge in [-0.05, 0) is 29.1 Å². The lowest BCUT2D eigenvalue weighted by molar-refractivity contribution is 1.27. The summed E-state index contributed by atoms with van der Waals surface area (Å²) in [6.45, 7) is 0. The number of aromatic nitrogens is 2. The number of rotatable bonds is 1. The highest BCUT2D eigenvalue weighted by Crippen LogP contribution is 2.24. The molecular weight excluding hydrogens is 212 g/mol. The van der Waals surface area contributed by atoms with E-state index in [1.54, 1.807) is 18.6 Å². The van der Waals surface area contributed by atoms with E-state index in [2.05, 4.69) is 9.97 Å². The van der Waals surface area contributed by atoms with Crippen LogP contribution in [0.25, 0.3) is 21.9 Å². The largest absolute Gasteiger partial charge is 0.328 e. The van der Waals surface area contributed by atoms with Crippen molar-refractivity contribution in [1.82, 2.24) is 9.97 Å². The zero-order chi connectivity index (χ0) is 11.7. The second-order valence-corrected chi connectivity index (χ2v) is 3.81. The van der Waals surface area contributed by atoms with E-state index in [0.717, 1.165) is 16.5 Å². The smallest absolute Gasteiger partial charge is 0.255 e. The summed E-state index contributed by atoms with van der Waals surface area (Å²) in [5, 5.41) is 1.67. The summed E-state index contributed by atoms with van der Waals surface area (Å²) in [5.41, 5.74) is 2.01. The van der Waals surface area contributed by atoms with Crippen molar-refractivity contribution in [3.63, 3.8) is 0 Å². The summed E-state index contributed by atoms with van der Waals surface area (Å²) in [6, 6.07) is 11.5. The van der Waals surface area contributed by atoms with Gasteiger partial charge in [0.15, 0.2) is 0 Å². The fourth-order valence-electron chi connectivity index (χ4n) is 1.98. The maximum absolute atomic E-state index is 11.7. The Morgan fingerprint density at radius 1 is 0.941 bits per heavy atom. The number of hydrogen-bond acceptors (Lipinski definition) is 2. The van der Waals surface area contributed by atoms with Crippen molar-refractivity contribution in [1.29, 1.82) is 0 Å². The van der Waals surface area contributed by atoms with Gasteiger partial charge in [0.2, 0.25) is 0 Å². The zero-order valence-electron chi connectivity index (χ0n) is 9.05. The number of aromatic amines is 1. The van der Waals surface area contributed by atoms with Crippen LogP contribution in [-0.2, 0) is 0 Å². The van der Waals surface area contributed by atoms with Crippen LogP contribution in [0.15, 0.2) is 59.8 Å². The molecule has 0 atom stereocenters. The van der Waals surface area contributed by atoms with Gasteiger partial charge in [-0.25, -0.2) is 0 Å². The highest BCUT2D eigenvalue weighted by atomic mass is 16.1. The molecule has 1 aromatic carbocycles. The summed E-state index contributed by atoms with van der Waals surface area (Å²) >= 11 is 0. The second-order valence-electron chi connectivity index (χ2n) is 3.81. The molecule has 0 spiro atoms. The molecule has 0 aliphatic rings. The van der Waals surface area contributed by atoms with Crippen LogP contribution in [0.1, 0.15) is 0 Å². The third-order valence-corrected chi connectivity index (χ3v) is 2.80. The summed E-state index contributed by atoms with van der Waals surface area (Å²) in [4.78, 5) is 18.5. The van der Waals surface area contributed by atoms with Crippen LogP contribution >= 0.6 is 0 Å². The van der Waals surface area contributed by atoms with E-state index in [0.29, 0.717) is 5.39 Å². The fraction of sp³-hybridized carbons (Fsp3) is 0. The predicted octanol–water partition coefficient (Wildman–Crippen LogP) is 2.59. The molecule has 3 nitrogen and oxygen atoms in total. The lowest BCUT2D eigenvalue weighted by Crippen LogP contribution is -2.05. The molecule has 0 amide bonds. The molecule has 0 aliphatic carbocycles. The van der Waals surface area contributed by atoms with Crippen molar-refractivity contribution in [3.8, 4) is 11.1 Å². The number of H-pyrrole nitrogens is 1. The van der Waals surface area contributed by atoms with Gasteiger partial charge < -0.3 is 4.98 Å². The van der Waals surface area contributed by atoms with Crippen molar-refractivity contribution < 1.29 is 0 Å². The number of hydrogen-bond donors (Lipinski definition) is 1. The van der Waals surface area contributed by atoms with Crippen molar-refractivity contribution in [2.45, 2.75) is 0 Å². The minimum absolute atomic E-state index is 0.0570. The molecule has 3 aromatic rings. The van der Waals surface area contributed by atoms with Gasteiger partial charge >= 0.3 is 0 Å². The summed E-state index contributed by atoms with van der Waals surface area (Å²) < 4.78 is 0. The van der Waals surface area contributed by atoms with Crippen LogP contribution in [0, 0.1) is 0 Å². The van der Waals surface area contributed by atoms with Crippen molar-refractivity contribution in [2.24, 2.45) is 0 Å². The predicted molar refractivity (Wildman–Crippen MR) is 67.8 cm³/mol. The Morgan fingerprint density at radius 2 is 1.65 bits per heavy atom. The number of pyridine rings is 2. The minimum Gasteiger partial charge on any atom is -0.328 e. The highest BCUT2D eigenvalue weighted by Gasteiger charge is 2.05. The second kappa shape index (κ2) is 3.87. The lowest BCUT2D eigenvalue weighted by atomic mass is 10.0. The number of nitrogens with one attached hydrogen (secondary N) is 1. The zero-order valence-corrected chi connectivity index (χ0v) is 9.05. The third kappa shape index (κ3) is 1.61. The number of benzene rings is 1. The van der Waals surface area contributed by atoms with E-state index < -0.39 is 0 Å². The average molecular weight is 222 g/mol. The van der Waals surface area contributed by atoms with Crippen LogP contribution in [0.5, 0.6) is 0 Å². The average Bonchev–Trinajstić information content (AvgIpc) is 2.41. The van der Waals surface area contributed by atoms with Gasteiger partial charge in [0, 0.05) is 29.5 Å². The highest BCUT2D eigenvalue weighted by molar-refractivity contribution is 5.95. The quantitative estimate of drug-likeness (QED) is 0.687. The van der Waals surface area contributed by atoms with Crippen LogP contribution in [0.4, 0.5) is 0 Å². The van der Waals surface area contributed by atoms with Crippen molar-refractivity contribution in [2.75, 3.05) is 0 Å². The van der Waals surface area contributed by atoms with E-state index in [-0.39, 0.29) is 5.56 Å². The normalized spacial score (nSPS) is 10.6. The maximum atomic E-state index is 11.7. The Balaban J connectivity index is 2.39. The molecule has 0 radical (unpaired) electrons. The standard InChI is InChI=1S/C14H10N2O/c17-14-12-4-2-1-3-11(12)13(9-16-14)10-5-7-15-8-6-10/h1-9H,(H,16,17). The number of fused-ring (bicyclic) bond motifs is 1. The molecule has 0 bridgehead atoms. The Morgan fingerprint density at radius 3 is 2.41 bits per heavy atom. The van der Waals surface area contributed by atoms with E-state index in [4.69, 9.17) is 0 Å². The molecule has 0 fully saturated rings. The molecule has 2 heterocycles.